The van der Waals surface area contributed by atoms with Gasteiger partial charge in [0, 0.05) is 10.2 Å². The summed E-state index contributed by atoms with van der Waals surface area (Å²) in [4.78, 5) is 12.1. The lowest BCUT2D eigenvalue weighted by atomic mass is 10.1. The summed E-state index contributed by atoms with van der Waals surface area (Å²) in [5.74, 6) is -0.162. The lowest BCUT2D eigenvalue weighted by molar-refractivity contribution is 0.0941. The highest BCUT2D eigenvalue weighted by Crippen LogP contribution is 2.19. The highest BCUT2D eigenvalue weighted by atomic mass is 79.9. The van der Waals surface area contributed by atoms with Gasteiger partial charge in [0.15, 0.2) is 0 Å². The molecule has 2 aromatic rings. The van der Waals surface area contributed by atoms with Crippen molar-refractivity contribution < 1.29 is 4.79 Å². The molecule has 0 aliphatic heterocycles. The topological polar surface area (TPSA) is 55.1 Å². The Hall–Kier alpha value is -1.81. The van der Waals surface area contributed by atoms with Crippen molar-refractivity contribution >= 4 is 27.5 Å². The maximum Gasteiger partial charge on any atom is 0.253 e. The molecular weight excluding hydrogens is 304 g/mol. The predicted octanol–water partition coefficient (Wildman–Crippen LogP) is 3.52. The number of nitrogen functional groups attached to an aromatic ring is 1. The molecule has 0 saturated carbocycles. The molecule has 4 heteroatoms. The van der Waals surface area contributed by atoms with Crippen molar-refractivity contribution in [1.29, 1.82) is 0 Å². The number of anilines is 1. The summed E-state index contributed by atoms with van der Waals surface area (Å²) in [5.41, 5.74) is 7.82. The average Bonchev–Trinajstić information content (AvgIpc) is 2.39. The third-order valence-corrected chi connectivity index (χ3v) is 3.39. The van der Waals surface area contributed by atoms with Crippen molar-refractivity contribution in [3.05, 3.63) is 64.1 Å². The second kappa shape index (κ2) is 5.89. The van der Waals surface area contributed by atoms with Crippen molar-refractivity contribution in [2.24, 2.45) is 0 Å². The Balaban J connectivity index is 2.13. The van der Waals surface area contributed by atoms with Gasteiger partial charge in [-0.05, 0) is 36.8 Å². The molecule has 0 saturated heterocycles. The molecule has 98 valence electrons. The van der Waals surface area contributed by atoms with Crippen molar-refractivity contribution in [2.75, 3.05) is 5.73 Å². The van der Waals surface area contributed by atoms with Crippen molar-refractivity contribution in [1.82, 2.24) is 5.32 Å². The van der Waals surface area contributed by atoms with Crippen LogP contribution in [0.15, 0.2) is 53.0 Å². The summed E-state index contributed by atoms with van der Waals surface area (Å²) in [6.45, 7) is 1.94. The Labute approximate surface area is 121 Å². The van der Waals surface area contributed by atoms with Gasteiger partial charge in [-0.1, -0.05) is 40.2 Å². The summed E-state index contributed by atoms with van der Waals surface area (Å²) < 4.78 is 0.991. The molecule has 0 unspecified atom stereocenters. The zero-order valence-electron chi connectivity index (χ0n) is 10.6. The first kappa shape index (κ1) is 13.6. The summed E-state index contributed by atoms with van der Waals surface area (Å²) in [6.07, 6.45) is 0. The van der Waals surface area contributed by atoms with E-state index in [4.69, 9.17) is 5.73 Å². The second-order valence-corrected chi connectivity index (χ2v) is 5.25. The van der Waals surface area contributed by atoms with Crippen LogP contribution >= 0.6 is 15.9 Å². The van der Waals surface area contributed by atoms with Crippen LogP contribution in [0.5, 0.6) is 0 Å². The Bertz CT molecular complexity index is 598. The van der Waals surface area contributed by atoms with Gasteiger partial charge >= 0.3 is 0 Å². The third-order valence-electron chi connectivity index (χ3n) is 2.90. The molecule has 1 atom stereocenters. The summed E-state index contributed by atoms with van der Waals surface area (Å²) in [6, 6.07) is 14.8. The fourth-order valence-electron chi connectivity index (χ4n) is 1.84. The van der Waals surface area contributed by atoms with Gasteiger partial charge < -0.3 is 11.1 Å². The second-order valence-electron chi connectivity index (χ2n) is 4.34. The SMILES string of the molecule is C[C@@H](NC(=O)c1ccccc1N)c1cccc(Br)c1. The molecule has 0 aliphatic carbocycles. The van der Waals surface area contributed by atoms with E-state index in [1.165, 1.54) is 0 Å². The van der Waals surface area contributed by atoms with E-state index in [1.807, 2.05) is 37.3 Å². The van der Waals surface area contributed by atoms with Gasteiger partial charge in [0.1, 0.15) is 0 Å². The van der Waals surface area contributed by atoms with Crippen LogP contribution in [0, 0.1) is 0 Å². The lowest BCUT2D eigenvalue weighted by Crippen LogP contribution is -2.27. The van der Waals surface area contributed by atoms with Crippen LogP contribution in [0.4, 0.5) is 5.69 Å². The maximum atomic E-state index is 12.1. The minimum atomic E-state index is -0.162. The number of para-hydroxylation sites is 1. The molecule has 0 aromatic heterocycles. The molecule has 19 heavy (non-hydrogen) atoms. The van der Waals surface area contributed by atoms with Crippen molar-refractivity contribution in [2.45, 2.75) is 13.0 Å². The molecule has 1 amide bonds. The van der Waals surface area contributed by atoms with Crippen LogP contribution in [-0.4, -0.2) is 5.91 Å². The number of hydrogen-bond donors (Lipinski definition) is 2. The Morgan fingerprint density at radius 3 is 2.63 bits per heavy atom. The van der Waals surface area contributed by atoms with E-state index in [2.05, 4.69) is 21.2 Å². The van der Waals surface area contributed by atoms with Crippen LogP contribution in [0.1, 0.15) is 28.9 Å². The zero-order valence-corrected chi connectivity index (χ0v) is 12.1. The molecular formula is C15H15BrN2O. The van der Waals surface area contributed by atoms with Crippen LogP contribution in [0.3, 0.4) is 0 Å². The predicted molar refractivity (Wildman–Crippen MR) is 80.9 cm³/mol. The first-order valence-electron chi connectivity index (χ1n) is 5.99. The monoisotopic (exact) mass is 318 g/mol. The van der Waals surface area contributed by atoms with Gasteiger partial charge in [0.25, 0.3) is 5.91 Å². The highest BCUT2D eigenvalue weighted by Gasteiger charge is 2.13. The van der Waals surface area contributed by atoms with E-state index in [-0.39, 0.29) is 11.9 Å². The van der Waals surface area contributed by atoms with E-state index in [0.29, 0.717) is 11.3 Å². The largest absolute Gasteiger partial charge is 0.398 e. The van der Waals surface area contributed by atoms with Gasteiger partial charge in [0.2, 0.25) is 0 Å². The van der Waals surface area contributed by atoms with E-state index in [1.54, 1.807) is 18.2 Å². The number of nitrogens with one attached hydrogen (secondary N) is 1. The quantitative estimate of drug-likeness (QED) is 0.851. The first-order valence-corrected chi connectivity index (χ1v) is 6.78. The van der Waals surface area contributed by atoms with Crippen molar-refractivity contribution in [3.63, 3.8) is 0 Å². The summed E-state index contributed by atoms with van der Waals surface area (Å²) in [7, 11) is 0. The molecule has 2 rings (SSSR count). The number of benzene rings is 2. The van der Waals surface area contributed by atoms with Crippen molar-refractivity contribution in [3.8, 4) is 0 Å². The van der Waals surface area contributed by atoms with E-state index in [0.717, 1.165) is 10.0 Å². The molecule has 2 aromatic carbocycles. The minimum Gasteiger partial charge on any atom is -0.398 e. The summed E-state index contributed by atoms with van der Waals surface area (Å²) >= 11 is 3.42. The molecule has 0 spiro atoms. The maximum absolute atomic E-state index is 12.1. The van der Waals surface area contributed by atoms with Gasteiger partial charge in [0.05, 0.1) is 11.6 Å². The fourth-order valence-corrected chi connectivity index (χ4v) is 2.25. The zero-order chi connectivity index (χ0) is 13.8. The number of carbonyl (C=O) groups is 1. The minimum absolute atomic E-state index is 0.0791. The number of nitrogens with two attached hydrogens (primary N) is 1. The van der Waals surface area contributed by atoms with Crippen LogP contribution in [0.25, 0.3) is 0 Å². The Morgan fingerprint density at radius 1 is 1.21 bits per heavy atom. The number of amides is 1. The molecule has 3 N–H and O–H groups in total. The molecule has 0 radical (unpaired) electrons. The normalized spacial score (nSPS) is 11.9. The fraction of sp³-hybridized carbons (Fsp3) is 0.133. The standard InChI is InChI=1S/C15H15BrN2O/c1-10(11-5-4-6-12(16)9-11)18-15(19)13-7-2-3-8-14(13)17/h2-10H,17H2,1H3,(H,18,19)/t10-/m1/s1. The molecule has 3 nitrogen and oxygen atoms in total. The smallest absolute Gasteiger partial charge is 0.253 e. The van der Waals surface area contributed by atoms with Gasteiger partial charge in [-0.3, -0.25) is 4.79 Å². The first-order chi connectivity index (χ1) is 9.08. The van der Waals surface area contributed by atoms with Crippen LogP contribution < -0.4 is 11.1 Å². The number of rotatable bonds is 3. The van der Waals surface area contributed by atoms with Gasteiger partial charge in [-0.25, -0.2) is 0 Å². The highest BCUT2D eigenvalue weighted by molar-refractivity contribution is 9.10. The molecule has 0 fully saturated rings. The molecule has 0 heterocycles. The Kier molecular flexibility index (Phi) is 4.22. The van der Waals surface area contributed by atoms with E-state index < -0.39 is 0 Å². The van der Waals surface area contributed by atoms with E-state index in [9.17, 15) is 4.79 Å². The van der Waals surface area contributed by atoms with E-state index >= 15 is 0 Å². The lowest BCUT2D eigenvalue weighted by Gasteiger charge is -2.15. The Morgan fingerprint density at radius 2 is 1.95 bits per heavy atom. The molecule has 0 bridgehead atoms. The van der Waals surface area contributed by atoms with Gasteiger partial charge in [-0.15, -0.1) is 0 Å². The van der Waals surface area contributed by atoms with Crippen LogP contribution in [0.2, 0.25) is 0 Å². The summed E-state index contributed by atoms with van der Waals surface area (Å²) in [5, 5.41) is 2.94. The van der Waals surface area contributed by atoms with Gasteiger partial charge in [-0.2, -0.15) is 0 Å². The number of hydrogen-bond acceptors (Lipinski definition) is 2. The molecule has 0 aliphatic rings. The number of carbonyl (C=O) groups excluding carboxylic acids is 1. The number of halogens is 1. The third kappa shape index (κ3) is 3.35. The average molecular weight is 319 g/mol. The van der Waals surface area contributed by atoms with Crippen LogP contribution in [-0.2, 0) is 0 Å².